The molecule has 0 saturated carbocycles. The molecule has 3 heteroatoms. The molecule has 0 aliphatic carbocycles. The topological polar surface area (TPSA) is 43.8 Å². The molecule has 96 valence electrons. The van der Waals surface area contributed by atoms with Crippen molar-refractivity contribution in [2.24, 2.45) is 0 Å². The average Bonchev–Trinajstić information content (AvgIpc) is 2.80. The minimum atomic E-state index is 0.316. The van der Waals surface area contributed by atoms with Crippen LogP contribution in [0.4, 0.5) is 5.69 Å². The van der Waals surface area contributed by atoms with Crippen LogP contribution < -0.4 is 5.73 Å². The molecule has 1 aromatic heterocycles. The third kappa shape index (κ3) is 2.08. The molecule has 0 unspecified atom stereocenters. The second kappa shape index (κ2) is 4.43. The monoisotopic (exact) mass is 251 g/mol. The normalized spacial score (nSPS) is 11.3. The van der Waals surface area contributed by atoms with Gasteiger partial charge in [0.1, 0.15) is 5.69 Å². The van der Waals surface area contributed by atoms with Gasteiger partial charge in [0.2, 0.25) is 0 Å². The van der Waals surface area contributed by atoms with Gasteiger partial charge in [0.15, 0.2) is 0 Å². The molecule has 0 amide bonds. The summed E-state index contributed by atoms with van der Waals surface area (Å²) in [5.41, 5.74) is 8.72. The quantitative estimate of drug-likeness (QED) is 0.751. The predicted molar refractivity (Wildman–Crippen MR) is 80.0 cm³/mol. The number of benzene rings is 2. The maximum absolute atomic E-state index is 6.07. The Hall–Kier alpha value is -2.29. The van der Waals surface area contributed by atoms with Gasteiger partial charge in [0, 0.05) is 17.8 Å². The van der Waals surface area contributed by atoms with Gasteiger partial charge >= 0.3 is 0 Å². The van der Waals surface area contributed by atoms with Crippen LogP contribution in [0.2, 0.25) is 0 Å². The smallest absolute Gasteiger partial charge is 0.115 e. The first-order valence-electron chi connectivity index (χ1n) is 6.49. The van der Waals surface area contributed by atoms with E-state index in [1.807, 2.05) is 23.0 Å². The van der Waals surface area contributed by atoms with Crippen LogP contribution in [0.5, 0.6) is 0 Å². The first-order chi connectivity index (χ1) is 9.15. The molecule has 0 atom stereocenters. The van der Waals surface area contributed by atoms with E-state index in [9.17, 15) is 0 Å². The van der Waals surface area contributed by atoms with Gasteiger partial charge in [0.05, 0.1) is 5.69 Å². The molecule has 0 fully saturated rings. The van der Waals surface area contributed by atoms with Crippen molar-refractivity contribution in [1.29, 1.82) is 0 Å². The van der Waals surface area contributed by atoms with Crippen LogP contribution in [0, 0.1) is 0 Å². The van der Waals surface area contributed by atoms with Gasteiger partial charge in [-0.25, -0.2) is 0 Å². The number of anilines is 1. The van der Waals surface area contributed by atoms with E-state index in [4.69, 9.17) is 5.73 Å². The molecule has 1 heterocycles. The molecule has 0 bridgehead atoms. The molecule has 0 spiro atoms. The van der Waals surface area contributed by atoms with Gasteiger partial charge in [-0.3, -0.25) is 4.68 Å². The number of fused-ring (bicyclic) bond motifs is 1. The number of rotatable bonds is 2. The Labute approximate surface area is 112 Å². The van der Waals surface area contributed by atoms with Crippen LogP contribution in [0.15, 0.2) is 48.7 Å². The molecule has 0 radical (unpaired) electrons. The zero-order chi connectivity index (χ0) is 13.4. The van der Waals surface area contributed by atoms with E-state index < -0.39 is 0 Å². The van der Waals surface area contributed by atoms with Gasteiger partial charge in [0.25, 0.3) is 0 Å². The zero-order valence-electron chi connectivity index (χ0n) is 11.2. The van der Waals surface area contributed by atoms with E-state index in [0.717, 1.165) is 16.9 Å². The lowest BCUT2D eigenvalue weighted by Crippen LogP contribution is -2.00. The van der Waals surface area contributed by atoms with Crippen molar-refractivity contribution < 1.29 is 0 Å². The molecule has 3 aromatic rings. The summed E-state index contributed by atoms with van der Waals surface area (Å²) < 4.78 is 1.90. The Morgan fingerprint density at radius 3 is 2.47 bits per heavy atom. The lowest BCUT2D eigenvalue weighted by atomic mass is 10.0. The van der Waals surface area contributed by atoms with E-state index in [2.05, 4.69) is 49.3 Å². The Bertz CT molecular complexity index is 726. The maximum atomic E-state index is 6.07. The van der Waals surface area contributed by atoms with Crippen LogP contribution in [0.25, 0.3) is 22.0 Å². The highest BCUT2D eigenvalue weighted by Gasteiger charge is 2.10. The number of hydrogen-bond acceptors (Lipinski definition) is 2. The lowest BCUT2D eigenvalue weighted by Gasteiger charge is -2.04. The summed E-state index contributed by atoms with van der Waals surface area (Å²) in [6.45, 7) is 4.19. The van der Waals surface area contributed by atoms with E-state index in [0.29, 0.717) is 6.04 Å². The highest BCUT2D eigenvalue weighted by atomic mass is 15.3. The molecule has 2 aromatic carbocycles. The number of hydrogen-bond donors (Lipinski definition) is 1. The van der Waals surface area contributed by atoms with Gasteiger partial charge in [-0.1, -0.05) is 36.4 Å². The summed E-state index contributed by atoms with van der Waals surface area (Å²) in [6.07, 6.45) is 1.90. The summed E-state index contributed by atoms with van der Waals surface area (Å²) in [4.78, 5) is 0. The summed E-state index contributed by atoms with van der Waals surface area (Å²) >= 11 is 0. The Morgan fingerprint density at radius 1 is 1.05 bits per heavy atom. The fraction of sp³-hybridized carbons (Fsp3) is 0.188. The second-order valence-corrected chi connectivity index (χ2v) is 5.07. The van der Waals surface area contributed by atoms with Crippen molar-refractivity contribution in [1.82, 2.24) is 9.78 Å². The Balaban J connectivity index is 2.13. The highest BCUT2D eigenvalue weighted by Crippen LogP contribution is 2.28. The molecular formula is C16H17N3. The third-order valence-corrected chi connectivity index (χ3v) is 3.31. The summed E-state index contributed by atoms with van der Waals surface area (Å²) in [7, 11) is 0. The second-order valence-electron chi connectivity index (χ2n) is 5.07. The third-order valence-electron chi connectivity index (χ3n) is 3.31. The van der Waals surface area contributed by atoms with Crippen molar-refractivity contribution >= 4 is 16.5 Å². The molecule has 0 saturated heterocycles. The van der Waals surface area contributed by atoms with Crippen molar-refractivity contribution in [2.45, 2.75) is 19.9 Å². The number of aromatic nitrogens is 2. The van der Waals surface area contributed by atoms with E-state index >= 15 is 0 Å². The van der Waals surface area contributed by atoms with E-state index in [-0.39, 0.29) is 0 Å². The summed E-state index contributed by atoms with van der Waals surface area (Å²) in [5, 5.41) is 7.01. The molecule has 0 aliphatic heterocycles. The average molecular weight is 251 g/mol. The van der Waals surface area contributed by atoms with Crippen LogP contribution in [-0.2, 0) is 0 Å². The number of nitrogen functional groups attached to an aromatic ring is 1. The van der Waals surface area contributed by atoms with E-state index in [1.165, 1.54) is 10.8 Å². The maximum Gasteiger partial charge on any atom is 0.115 e. The molecule has 3 nitrogen and oxygen atoms in total. The van der Waals surface area contributed by atoms with Crippen molar-refractivity contribution in [3.63, 3.8) is 0 Å². The molecule has 3 rings (SSSR count). The number of nitrogens with two attached hydrogens (primary N) is 1. The summed E-state index contributed by atoms with van der Waals surface area (Å²) in [5.74, 6) is 0. The van der Waals surface area contributed by atoms with E-state index in [1.54, 1.807) is 0 Å². The first-order valence-corrected chi connectivity index (χ1v) is 6.49. The minimum absolute atomic E-state index is 0.316. The molecule has 19 heavy (non-hydrogen) atoms. The van der Waals surface area contributed by atoms with Crippen LogP contribution in [-0.4, -0.2) is 9.78 Å². The standard InChI is InChI=1S/C16H17N3/c1-11(2)19-10-15(17)16(18-19)14-8-7-12-5-3-4-6-13(12)9-14/h3-11H,17H2,1-2H3. The highest BCUT2D eigenvalue weighted by molar-refractivity contribution is 5.88. The van der Waals surface area contributed by atoms with Gasteiger partial charge in [-0.15, -0.1) is 0 Å². The fourth-order valence-electron chi connectivity index (χ4n) is 2.23. The number of nitrogens with zero attached hydrogens (tertiary/aromatic N) is 2. The lowest BCUT2D eigenvalue weighted by molar-refractivity contribution is 0.534. The van der Waals surface area contributed by atoms with Gasteiger partial charge < -0.3 is 5.73 Å². The largest absolute Gasteiger partial charge is 0.396 e. The van der Waals surface area contributed by atoms with Crippen molar-refractivity contribution in [3.05, 3.63) is 48.7 Å². The van der Waals surface area contributed by atoms with Crippen molar-refractivity contribution in [3.8, 4) is 11.3 Å². The Kier molecular flexibility index (Phi) is 2.75. The summed E-state index contributed by atoms with van der Waals surface area (Å²) in [6, 6.07) is 14.9. The molecular weight excluding hydrogens is 234 g/mol. The zero-order valence-corrected chi connectivity index (χ0v) is 11.2. The fourth-order valence-corrected chi connectivity index (χ4v) is 2.23. The van der Waals surface area contributed by atoms with Gasteiger partial charge in [-0.05, 0) is 30.7 Å². The van der Waals surface area contributed by atoms with Crippen LogP contribution >= 0.6 is 0 Å². The van der Waals surface area contributed by atoms with Crippen LogP contribution in [0.1, 0.15) is 19.9 Å². The molecule has 2 N–H and O–H groups in total. The minimum Gasteiger partial charge on any atom is -0.396 e. The Morgan fingerprint density at radius 2 is 1.79 bits per heavy atom. The van der Waals surface area contributed by atoms with Gasteiger partial charge in [-0.2, -0.15) is 5.10 Å². The van der Waals surface area contributed by atoms with Crippen LogP contribution in [0.3, 0.4) is 0 Å². The van der Waals surface area contributed by atoms with Crippen molar-refractivity contribution in [2.75, 3.05) is 5.73 Å². The predicted octanol–water partition coefficient (Wildman–Crippen LogP) is 3.87. The first kappa shape index (κ1) is 11.8. The molecule has 0 aliphatic rings. The SMILES string of the molecule is CC(C)n1cc(N)c(-c2ccc3ccccc3c2)n1.